The van der Waals surface area contributed by atoms with Crippen molar-refractivity contribution in [1.29, 1.82) is 0 Å². The summed E-state index contributed by atoms with van der Waals surface area (Å²) in [4.78, 5) is 28.0. The summed E-state index contributed by atoms with van der Waals surface area (Å²) in [6.07, 6.45) is 5.41. The molecule has 5 nitrogen and oxygen atoms in total. The predicted molar refractivity (Wildman–Crippen MR) is 106 cm³/mol. The van der Waals surface area contributed by atoms with Crippen molar-refractivity contribution in [2.75, 3.05) is 19.7 Å². The van der Waals surface area contributed by atoms with Crippen LogP contribution in [0.3, 0.4) is 0 Å². The molecule has 1 aliphatic carbocycles. The van der Waals surface area contributed by atoms with Crippen LogP contribution in [-0.2, 0) is 9.59 Å². The first-order valence-corrected chi connectivity index (χ1v) is 10.4. The van der Waals surface area contributed by atoms with Crippen LogP contribution in [0.25, 0.3) is 0 Å². The van der Waals surface area contributed by atoms with Gasteiger partial charge in [0.25, 0.3) is 0 Å². The molecule has 0 spiro atoms. The molecule has 28 heavy (non-hydrogen) atoms. The maximum Gasteiger partial charge on any atom is 0.242 e. The normalized spacial score (nSPS) is 27.1. The number of hydrogen-bond acceptors (Lipinski definition) is 3. The Balaban J connectivity index is 1.50. The molecule has 1 aromatic rings. The summed E-state index contributed by atoms with van der Waals surface area (Å²) in [6, 6.07) is 7.95. The number of benzene rings is 1. The van der Waals surface area contributed by atoms with E-state index in [2.05, 4.69) is 24.0 Å². The predicted octanol–water partition coefficient (Wildman–Crippen LogP) is 2.14. The Morgan fingerprint density at radius 2 is 1.93 bits per heavy atom. The number of piperazine rings is 1. The van der Waals surface area contributed by atoms with Gasteiger partial charge in [-0.1, -0.05) is 43.7 Å². The smallest absolute Gasteiger partial charge is 0.242 e. The van der Waals surface area contributed by atoms with Crippen molar-refractivity contribution in [3.8, 4) is 11.8 Å². The third-order valence-electron chi connectivity index (χ3n) is 6.48. The molecule has 1 saturated carbocycles. The molecular weight excluding hydrogens is 352 g/mol. The second-order valence-electron chi connectivity index (χ2n) is 8.14. The lowest BCUT2D eigenvalue weighted by atomic mass is 9.73. The molecule has 2 amide bonds. The maximum atomic E-state index is 12.5. The van der Waals surface area contributed by atoms with Gasteiger partial charge in [0.15, 0.2) is 0 Å². The zero-order chi connectivity index (χ0) is 19.7. The highest BCUT2D eigenvalue weighted by molar-refractivity contribution is 5.87. The van der Waals surface area contributed by atoms with Crippen molar-refractivity contribution in [2.45, 2.75) is 57.0 Å². The molecule has 4 rings (SSSR count). The van der Waals surface area contributed by atoms with Crippen LogP contribution in [0.1, 0.15) is 56.1 Å². The Morgan fingerprint density at radius 1 is 1.21 bits per heavy atom. The molecule has 0 aromatic heterocycles. The van der Waals surface area contributed by atoms with Crippen molar-refractivity contribution in [2.24, 2.45) is 5.92 Å². The van der Waals surface area contributed by atoms with Gasteiger partial charge in [-0.3, -0.25) is 9.59 Å². The zero-order valence-corrected chi connectivity index (χ0v) is 16.4. The first kappa shape index (κ1) is 19.0. The van der Waals surface area contributed by atoms with Crippen LogP contribution in [0.5, 0.6) is 0 Å². The van der Waals surface area contributed by atoms with E-state index >= 15 is 0 Å². The summed E-state index contributed by atoms with van der Waals surface area (Å²) in [7, 11) is 0. The number of nitrogens with zero attached hydrogens (tertiary/aromatic N) is 2. The van der Waals surface area contributed by atoms with Crippen LogP contribution in [0.2, 0.25) is 0 Å². The molecule has 2 aliphatic heterocycles. The summed E-state index contributed by atoms with van der Waals surface area (Å²) in [5, 5.41) is 9.86. The number of amides is 2. The average molecular weight is 380 g/mol. The second kappa shape index (κ2) is 7.97. The van der Waals surface area contributed by atoms with Crippen molar-refractivity contribution >= 4 is 11.8 Å². The van der Waals surface area contributed by atoms with E-state index in [0.29, 0.717) is 18.9 Å². The number of aliphatic hydroxyl groups is 1. The van der Waals surface area contributed by atoms with Crippen LogP contribution in [-0.4, -0.2) is 58.5 Å². The Labute approximate surface area is 166 Å². The van der Waals surface area contributed by atoms with E-state index in [1.54, 1.807) is 9.80 Å². The van der Waals surface area contributed by atoms with E-state index in [1.165, 1.54) is 25.7 Å². The molecule has 1 aromatic carbocycles. The lowest BCUT2D eigenvalue weighted by molar-refractivity contribution is -0.166. The van der Waals surface area contributed by atoms with Crippen LogP contribution >= 0.6 is 0 Å². The highest BCUT2D eigenvalue weighted by Gasteiger charge is 2.54. The summed E-state index contributed by atoms with van der Waals surface area (Å²) < 4.78 is 0. The van der Waals surface area contributed by atoms with Gasteiger partial charge in [0.05, 0.1) is 25.2 Å². The van der Waals surface area contributed by atoms with Crippen LogP contribution < -0.4 is 0 Å². The highest BCUT2D eigenvalue weighted by Crippen LogP contribution is 2.42. The van der Waals surface area contributed by atoms with E-state index in [1.807, 2.05) is 19.1 Å². The summed E-state index contributed by atoms with van der Waals surface area (Å²) in [5.74, 6) is 7.21. The highest BCUT2D eigenvalue weighted by atomic mass is 16.3. The first-order valence-electron chi connectivity index (χ1n) is 10.4. The Bertz CT molecular complexity index is 801. The zero-order valence-electron chi connectivity index (χ0n) is 16.4. The Hall–Kier alpha value is -2.32. The summed E-state index contributed by atoms with van der Waals surface area (Å²) in [5.41, 5.74) is 2.11. The van der Waals surface area contributed by atoms with Crippen LogP contribution in [0.15, 0.2) is 24.3 Å². The molecule has 5 heteroatoms. The Kier molecular flexibility index (Phi) is 5.41. The lowest BCUT2D eigenvalue weighted by Gasteiger charge is -2.58. The van der Waals surface area contributed by atoms with Gasteiger partial charge in [0.2, 0.25) is 11.8 Å². The molecule has 0 bridgehead atoms. The summed E-state index contributed by atoms with van der Waals surface area (Å²) in [6.45, 7) is 2.43. The maximum absolute atomic E-state index is 12.5. The van der Waals surface area contributed by atoms with Crippen molar-refractivity contribution < 1.29 is 14.7 Å². The van der Waals surface area contributed by atoms with Crippen LogP contribution in [0, 0.1) is 17.8 Å². The van der Waals surface area contributed by atoms with Gasteiger partial charge < -0.3 is 14.9 Å². The first-order chi connectivity index (χ1) is 13.6. The van der Waals surface area contributed by atoms with Crippen molar-refractivity contribution in [3.63, 3.8) is 0 Å². The molecule has 148 valence electrons. The number of carbonyl (C=O) groups is 2. The van der Waals surface area contributed by atoms with Gasteiger partial charge in [0, 0.05) is 30.4 Å². The van der Waals surface area contributed by atoms with Gasteiger partial charge in [-0.25, -0.2) is 0 Å². The molecule has 2 heterocycles. The number of rotatable bonds is 3. The molecule has 1 N–H and O–H groups in total. The number of hydrogen-bond donors (Lipinski definition) is 1. The number of fused-ring (bicyclic) bond motifs is 1. The van der Waals surface area contributed by atoms with Gasteiger partial charge in [0.1, 0.15) is 0 Å². The van der Waals surface area contributed by atoms with E-state index < -0.39 is 0 Å². The van der Waals surface area contributed by atoms with Crippen molar-refractivity contribution in [1.82, 2.24) is 9.80 Å². The largest absolute Gasteiger partial charge is 0.394 e. The topological polar surface area (TPSA) is 60.9 Å². The lowest BCUT2D eigenvalue weighted by Crippen LogP contribution is -2.73. The number of aliphatic hydroxyl groups excluding tert-OH is 1. The van der Waals surface area contributed by atoms with E-state index in [0.717, 1.165) is 11.1 Å². The van der Waals surface area contributed by atoms with Gasteiger partial charge in [-0.05, 0) is 30.5 Å². The minimum atomic E-state index is -0.202. The van der Waals surface area contributed by atoms with Gasteiger partial charge in [-0.15, -0.1) is 0 Å². The minimum Gasteiger partial charge on any atom is -0.394 e. The monoisotopic (exact) mass is 380 g/mol. The molecule has 3 aliphatic rings. The summed E-state index contributed by atoms with van der Waals surface area (Å²) >= 11 is 0. The van der Waals surface area contributed by atoms with E-state index in [9.17, 15) is 14.7 Å². The van der Waals surface area contributed by atoms with Gasteiger partial charge in [-0.2, -0.15) is 0 Å². The van der Waals surface area contributed by atoms with Crippen LogP contribution in [0.4, 0.5) is 0 Å². The molecule has 3 fully saturated rings. The SMILES string of the molecule is CCC(=O)N1CC(=O)N2[C@@H](CO)[C@@H](c3ccc(C#CC4CCCC4)cc3)[C@@H]2C1. The fourth-order valence-electron chi connectivity index (χ4n) is 4.96. The fourth-order valence-corrected chi connectivity index (χ4v) is 4.96. The second-order valence-corrected chi connectivity index (χ2v) is 8.14. The molecule has 2 saturated heterocycles. The standard InChI is InChI=1S/C23H28N2O3/c1-2-21(27)24-13-19-23(20(15-26)25(19)22(28)14-24)18-11-9-17(10-12-18)8-7-16-5-3-4-6-16/h9-12,16,19-20,23,26H,2-6,13-15H2,1H3/t19-,20-,23-/m0/s1. The third-order valence-corrected chi connectivity index (χ3v) is 6.48. The van der Waals surface area contributed by atoms with E-state index in [4.69, 9.17) is 0 Å². The van der Waals surface area contributed by atoms with Crippen molar-refractivity contribution in [3.05, 3.63) is 35.4 Å². The minimum absolute atomic E-state index is 0.0109. The average Bonchev–Trinajstić information content (AvgIpc) is 3.22. The molecular formula is C23H28N2O3. The van der Waals surface area contributed by atoms with Gasteiger partial charge >= 0.3 is 0 Å². The fraction of sp³-hybridized carbons (Fsp3) is 0.565. The molecule has 3 atom stereocenters. The third kappa shape index (κ3) is 3.42. The molecule has 0 radical (unpaired) electrons. The van der Waals surface area contributed by atoms with E-state index in [-0.39, 0.29) is 43.0 Å². The number of carbonyl (C=O) groups excluding carboxylic acids is 2. The Morgan fingerprint density at radius 3 is 2.57 bits per heavy atom. The quantitative estimate of drug-likeness (QED) is 0.818. The molecule has 0 unspecified atom stereocenters.